The van der Waals surface area contributed by atoms with Crippen molar-refractivity contribution in [1.82, 2.24) is 10.3 Å². The Morgan fingerprint density at radius 3 is 2.67 bits per heavy atom. The number of carbonyl (C=O) groups is 1. The van der Waals surface area contributed by atoms with Gasteiger partial charge in [0.05, 0.1) is 11.6 Å². The molecule has 1 saturated carbocycles. The number of hydrogen-bond donors (Lipinski definition) is 2. The molecule has 1 aromatic rings. The fourth-order valence-electron chi connectivity index (χ4n) is 2.40. The molecule has 1 heterocycles. The lowest BCUT2D eigenvalue weighted by Crippen LogP contribution is -2.34. The second kappa shape index (κ2) is 5.96. The van der Waals surface area contributed by atoms with Gasteiger partial charge in [-0.1, -0.05) is 6.07 Å². The molecule has 0 bridgehead atoms. The zero-order valence-electron chi connectivity index (χ0n) is 10.7. The van der Waals surface area contributed by atoms with E-state index in [1.807, 2.05) is 19.2 Å². The van der Waals surface area contributed by atoms with Gasteiger partial charge in [0.2, 0.25) is 0 Å². The summed E-state index contributed by atoms with van der Waals surface area (Å²) < 4.78 is 0. The normalized spacial score (nSPS) is 23.8. The molecular weight excluding hydrogens is 228 g/mol. The fourth-order valence-corrected chi connectivity index (χ4v) is 2.40. The van der Waals surface area contributed by atoms with Crippen LogP contribution in [-0.2, 0) is 11.3 Å². The zero-order chi connectivity index (χ0) is 13.0. The Hall–Kier alpha value is -1.42. The predicted octanol–water partition coefficient (Wildman–Crippen LogP) is 2.12. The molecule has 0 spiro atoms. The van der Waals surface area contributed by atoms with Crippen LogP contribution < -0.4 is 5.32 Å². The van der Waals surface area contributed by atoms with E-state index in [1.54, 1.807) is 0 Å². The van der Waals surface area contributed by atoms with Crippen LogP contribution in [0.1, 0.15) is 36.9 Å². The smallest absolute Gasteiger partial charge is 0.306 e. The van der Waals surface area contributed by atoms with Crippen molar-refractivity contribution in [1.29, 1.82) is 0 Å². The fraction of sp³-hybridized carbons (Fsp3) is 0.571. The number of aryl methyl sites for hydroxylation is 1. The Kier molecular flexibility index (Phi) is 4.31. The average molecular weight is 248 g/mol. The summed E-state index contributed by atoms with van der Waals surface area (Å²) in [5.41, 5.74) is 2.21. The molecule has 0 atom stereocenters. The highest BCUT2D eigenvalue weighted by atomic mass is 16.4. The Morgan fingerprint density at radius 2 is 2.11 bits per heavy atom. The number of pyridine rings is 1. The molecule has 98 valence electrons. The Labute approximate surface area is 107 Å². The maximum Gasteiger partial charge on any atom is 0.306 e. The van der Waals surface area contributed by atoms with Crippen molar-refractivity contribution < 1.29 is 9.90 Å². The highest BCUT2D eigenvalue weighted by molar-refractivity contribution is 5.70. The highest BCUT2D eigenvalue weighted by Gasteiger charge is 2.25. The van der Waals surface area contributed by atoms with Crippen LogP contribution in [0, 0.1) is 12.8 Å². The minimum Gasteiger partial charge on any atom is -0.481 e. The van der Waals surface area contributed by atoms with E-state index in [1.165, 1.54) is 5.56 Å². The standard InChI is InChI=1S/C14H20N2O2/c1-10-2-5-13(15-8-10)9-16-12-6-3-11(4-7-12)14(17)18/h2,5,8,11-12,16H,3-4,6-7,9H2,1H3,(H,17,18). The Bertz CT molecular complexity index is 395. The number of aliphatic carboxylic acids is 1. The molecule has 4 heteroatoms. The minimum atomic E-state index is -0.645. The summed E-state index contributed by atoms with van der Waals surface area (Å²) in [6.07, 6.45) is 5.34. The van der Waals surface area contributed by atoms with Crippen LogP contribution in [0.25, 0.3) is 0 Å². The molecule has 0 radical (unpaired) electrons. The van der Waals surface area contributed by atoms with Crippen molar-refractivity contribution in [2.24, 2.45) is 5.92 Å². The van der Waals surface area contributed by atoms with Gasteiger partial charge in [-0.05, 0) is 44.2 Å². The third-order valence-corrected chi connectivity index (χ3v) is 3.62. The minimum absolute atomic E-state index is 0.138. The van der Waals surface area contributed by atoms with E-state index in [0.29, 0.717) is 6.04 Å². The third-order valence-electron chi connectivity index (χ3n) is 3.62. The Balaban J connectivity index is 1.75. The second-order valence-electron chi connectivity index (χ2n) is 5.09. The summed E-state index contributed by atoms with van der Waals surface area (Å²) in [6, 6.07) is 4.53. The summed E-state index contributed by atoms with van der Waals surface area (Å²) in [5, 5.41) is 12.4. The second-order valence-corrected chi connectivity index (χ2v) is 5.09. The number of carboxylic acid groups (broad SMARTS) is 1. The van der Waals surface area contributed by atoms with Gasteiger partial charge in [-0.3, -0.25) is 9.78 Å². The monoisotopic (exact) mass is 248 g/mol. The van der Waals surface area contributed by atoms with Gasteiger partial charge in [0.25, 0.3) is 0 Å². The molecule has 1 aromatic heterocycles. The van der Waals surface area contributed by atoms with E-state index < -0.39 is 5.97 Å². The van der Waals surface area contributed by atoms with Gasteiger partial charge in [0, 0.05) is 18.8 Å². The first-order chi connectivity index (χ1) is 8.65. The van der Waals surface area contributed by atoms with Gasteiger partial charge in [0.15, 0.2) is 0 Å². The number of nitrogens with one attached hydrogen (secondary N) is 1. The molecule has 1 fully saturated rings. The third kappa shape index (κ3) is 3.53. The van der Waals surface area contributed by atoms with Gasteiger partial charge in [0.1, 0.15) is 0 Å². The van der Waals surface area contributed by atoms with Crippen LogP contribution in [0.5, 0.6) is 0 Å². The van der Waals surface area contributed by atoms with Gasteiger partial charge in [-0.2, -0.15) is 0 Å². The maximum atomic E-state index is 10.8. The van der Waals surface area contributed by atoms with Crippen LogP contribution in [0.15, 0.2) is 18.3 Å². The van der Waals surface area contributed by atoms with Crippen LogP contribution in [-0.4, -0.2) is 22.1 Å². The first kappa shape index (κ1) is 13.0. The highest BCUT2D eigenvalue weighted by Crippen LogP contribution is 2.24. The molecule has 0 saturated heterocycles. The van der Waals surface area contributed by atoms with Gasteiger partial charge >= 0.3 is 5.97 Å². The summed E-state index contributed by atoms with van der Waals surface area (Å²) in [4.78, 5) is 15.2. The van der Waals surface area contributed by atoms with Gasteiger partial charge < -0.3 is 10.4 Å². The lowest BCUT2D eigenvalue weighted by atomic mass is 9.86. The molecule has 1 aliphatic rings. The average Bonchev–Trinajstić information content (AvgIpc) is 2.38. The molecule has 18 heavy (non-hydrogen) atoms. The van der Waals surface area contributed by atoms with Crippen LogP contribution in [0.2, 0.25) is 0 Å². The van der Waals surface area contributed by atoms with E-state index in [-0.39, 0.29) is 5.92 Å². The van der Waals surface area contributed by atoms with Crippen LogP contribution in [0.4, 0.5) is 0 Å². The maximum absolute atomic E-state index is 10.8. The van der Waals surface area contributed by atoms with Crippen molar-refractivity contribution in [2.75, 3.05) is 0 Å². The topological polar surface area (TPSA) is 62.2 Å². The molecule has 2 rings (SSSR count). The van der Waals surface area contributed by atoms with Gasteiger partial charge in [-0.25, -0.2) is 0 Å². The lowest BCUT2D eigenvalue weighted by Gasteiger charge is -2.26. The van der Waals surface area contributed by atoms with Crippen molar-refractivity contribution in [3.8, 4) is 0 Å². The van der Waals surface area contributed by atoms with E-state index in [9.17, 15) is 4.79 Å². The molecule has 0 aliphatic heterocycles. The SMILES string of the molecule is Cc1ccc(CNC2CCC(C(=O)O)CC2)nc1. The van der Waals surface area contributed by atoms with E-state index in [4.69, 9.17) is 5.11 Å². The van der Waals surface area contributed by atoms with Crippen LogP contribution >= 0.6 is 0 Å². The molecule has 4 nitrogen and oxygen atoms in total. The van der Waals surface area contributed by atoms with Crippen LogP contribution in [0.3, 0.4) is 0 Å². The first-order valence-electron chi connectivity index (χ1n) is 6.53. The van der Waals surface area contributed by atoms with Gasteiger partial charge in [-0.15, -0.1) is 0 Å². The predicted molar refractivity (Wildman–Crippen MR) is 69.2 cm³/mol. The largest absolute Gasteiger partial charge is 0.481 e. The molecular formula is C14H20N2O2. The number of rotatable bonds is 4. The van der Waals surface area contributed by atoms with Crippen molar-refractivity contribution >= 4 is 5.97 Å². The molecule has 0 aromatic carbocycles. The van der Waals surface area contributed by atoms with E-state index in [2.05, 4.69) is 16.4 Å². The summed E-state index contributed by atoms with van der Waals surface area (Å²) in [6.45, 7) is 2.79. The molecule has 1 aliphatic carbocycles. The zero-order valence-corrected chi connectivity index (χ0v) is 10.7. The van der Waals surface area contributed by atoms with E-state index in [0.717, 1.165) is 37.9 Å². The quantitative estimate of drug-likeness (QED) is 0.856. The Morgan fingerprint density at radius 1 is 1.39 bits per heavy atom. The van der Waals surface area contributed by atoms with Crippen molar-refractivity contribution in [2.45, 2.75) is 45.2 Å². The van der Waals surface area contributed by atoms with Crippen molar-refractivity contribution in [3.63, 3.8) is 0 Å². The lowest BCUT2D eigenvalue weighted by molar-refractivity contribution is -0.142. The molecule has 2 N–H and O–H groups in total. The van der Waals surface area contributed by atoms with Crippen molar-refractivity contribution in [3.05, 3.63) is 29.6 Å². The number of nitrogens with zero attached hydrogens (tertiary/aromatic N) is 1. The number of hydrogen-bond acceptors (Lipinski definition) is 3. The summed E-state index contributed by atoms with van der Waals surface area (Å²) in [5.74, 6) is -0.783. The summed E-state index contributed by atoms with van der Waals surface area (Å²) in [7, 11) is 0. The molecule has 0 amide bonds. The number of aromatic nitrogens is 1. The molecule has 0 unspecified atom stereocenters. The van der Waals surface area contributed by atoms with E-state index >= 15 is 0 Å². The summed E-state index contributed by atoms with van der Waals surface area (Å²) >= 11 is 0. The number of carboxylic acids is 1. The first-order valence-corrected chi connectivity index (χ1v) is 6.53.